The molecule has 1 heterocycles. The van der Waals surface area contributed by atoms with Crippen LogP contribution < -0.4 is 5.73 Å². The van der Waals surface area contributed by atoms with Crippen LogP contribution in [0.2, 0.25) is 0 Å². The molecule has 2 N–H and O–H groups in total. The summed E-state index contributed by atoms with van der Waals surface area (Å²) in [6.07, 6.45) is 3.74. The van der Waals surface area contributed by atoms with Crippen LogP contribution in [0.1, 0.15) is 12.5 Å². The standard InChI is InChI=1S/C14H19N3S/c1-12(9-15)10-18-11-13-3-5-14(6-4-13)17-8-2-7-16-17/h2-8,12H,9-11,15H2,1H3. The molecule has 0 saturated heterocycles. The van der Waals surface area contributed by atoms with Crippen molar-refractivity contribution in [3.63, 3.8) is 0 Å². The van der Waals surface area contributed by atoms with E-state index >= 15 is 0 Å². The number of thioether (sulfide) groups is 1. The second-order valence-electron chi connectivity index (χ2n) is 4.47. The predicted octanol–water partition coefficient (Wildman–Crippen LogP) is 2.70. The van der Waals surface area contributed by atoms with Crippen LogP contribution in [-0.2, 0) is 5.75 Å². The molecule has 4 heteroatoms. The van der Waals surface area contributed by atoms with E-state index in [2.05, 4.69) is 36.3 Å². The van der Waals surface area contributed by atoms with Crippen molar-refractivity contribution in [2.24, 2.45) is 11.7 Å². The van der Waals surface area contributed by atoms with Crippen LogP contribution in [0.3, 0.4) is 0 Å². The molecule has 3 nitrogen and oxygen atoms in total. The summed E-state index contributed by atoms with van der Waals surface area (Å²) in [5.41, 5.74) is 8.05. The lowest BCUT2D eigenvalue weighted by Gasteiger charge is -2.08. The van der Waals surface area contributed by atoms with Gasteiger partial charge in [0.05, 0.1) is 5.69 Å². The summed E-state index contributed by atoms with van der Waals surface area (Å²) >= 11 is 1.94. The van der Waals surface area contributed by atoms with Gasteiger partial charge >= 0.3 is 0 Å². The van der Waals surface area contributed by atoms with Crippen molar-refractivity contribution in [2.45, 2.75) is 12.7 Å². The molecule has 96 valence electrons. The van der Waals surface area contributed by atoms with Crippen molar-refractivity contribution >= 4 is 11.8 Å². The minimum Gasteiger partial charge on any atom is -0.330 e. The van der Waals surface area contributed by atoms with Gasteiger partial charge in [-0.1, -0.05) is 19.1 Å². The Hall–Kier alpha value is -1.26. The van der Waals surface area contributed by atoms with Crippen LogP contribution in [0.15, 0.2) is 42.7 Å². The minimum absolute atomic E-state index is 0.596. The molecule has 0 aliphatic rings. The van der Waals surface area contributed by atoms with Crippen LogP contribution in [0, 0.1) is 5.92 Å². The Morgan fingerprint density at radius 1 is 1.33 bits per heavy atom. The average Bonchev–Trinajstić information content (AvgIpc) is 2.93. The molecule has 0 aliphatic heterocycles. The summed E-state index contributed by atoms with van der Waals surface area (Å²) < 4.78 is 1.87. The zero-order valence-corrected chi connectivity index (χ0v) is 11.4. The molecule has 2 aromatic rings. The lowest BCUT2D eigenvalue weighted by atomic mass is 10.2. The Bertz CT molecular complexity index is 450. The van der Waals surface area contributed by atoms with Gasteiger partial charge in [-0.25, -0.2) is 4.68 Å². The SMILES string of the molecule is CC(CN)CSCc1ccc(-n2cccn2)cc1. The lowest BCUT2D eigenvalue weighted by Crippen LogP contribution is -2.12. The second kappa shape index (κ2) is 6.61. The first-order valence-corrected chi connectivity index (χ1v) is 7.32. The van der Waals surface area contributed by atoms with Gasteiger partial charge in [0, 0.05) is 18.1 Å². The van der Waals surface area contributed by atoms with E-state index in [1.54, 1.807) is 6.20 Å². The summed E-state index contributed by atoms with van der Waals surface area (Å²) in [4.78, 5) is 0. The summed E-state index contributed by atoms with van der Waals surface area (Å²) in [5, 5.41) is 4.21. The smallest absolute Gasteiger partial charge is 0.0645 e. The predicted molar refractivity (Wildman–Crippen MR) is 77.9 cm³/mol. The highest BCUT2D eigenvalue weighted by molar-refractivity contribution is 7.98. The molecule has 0 fully saturated rings. The second-order valence-corrected chi connectivity index (χ2v) is 5.50. The molecule has 1 atom stereocenters. The Kier molecular flexibility index (Phi) is 4.84. The van der Waals surface area contributed by atoms with Gasteiger partial charge in [-0.2, -0.15) is 16.9 Å². The Morgan fingerprint density at radius 3 is 2.72 bits per heavy atom. The fourth-order valence-corrected chi connectivity index (χ4v) is 2.70. The normalized spacial score (nSPS) is 12.6. The Labute approximate surface area is 112 Å². The average molecular weight is 261 g/mol. The molecular weight excluding hydrogens is 242 g/mol. The molecule has 1 unspecified atom stereocenters. The number of aromatic nitrogens is 2. The Morgan fingerprint density at radius 2 is 2.11 bits per heavy atom. The van der Waals surface area contributed by atoms with Crippen molar-refractivity contribution in [3.05, 3.63) is 48.3 Å². The van der Waals surface area contributed by atoms with E-state index in [9.17, 15) is 0 Å². The largest absolute Gasteiger partial charge is 0.330 e. The number of nitrogens with zero attached hydrogens (tertiary/aromatic N) is 2. The van der Waals surface area contributed by atoms with Crippen LogP contribution in [-0.4, -0.2) is 22.1 Å². The molecular formula is C14H19N3S. The molecule has 0 saturated carbocycles. The van der Waals surface area contributed by atoms with Gasteiger partial charge in [0.2, 0.25) is 0 Å². The van der Waals surface area contributed by atoms with Gasteiger partial charge in [0.25, 0.3) is 0 Å². The van der Waals surface area contributed by atoms with Crippen molar-refractivity contribution < 1.29 is 0 Å². The summed E-state index contributed by atoms with van der Waals surface area (Å²) in [6.45, 7) is 2.96. The minimum atomic E-state index is 0.596. The topological polar surface area (TPSA) is 43.8 Å². The van der Waals surface area contributed by atoms with Crippen molar-refractivity contribution in [3.8, 4) is 5.69 Å². The zero-order valence-electron chi connectivity index (χ0n) is 10.6. The zero-order chi connectivity index (χ0) is 12.8. The van der Waals surface area contributed by atoms with Crippen LogP contribution in [0.25, 0.3) is 5.69 Å². The first kappa shape index (κ1) is 13.2. The van der Waals surface area contributed by atoms with E-state index in [4.69, 9.17) is 5.73 Å². The fraction of sp³-hybridized carbons (Fsp3) is 0.357. The highest BCUT2D eigenvalue weighted by atomic mass is 32.2. The molecule has 2 rings (SSSR count). The van der Waals surface area contributed by atoms with Crippen LogP contribution in [0.4, 0.5) is 0 Å². The van der Waals surface area contributed by atoms with E-state index in [0.29, 0.717) is 5.92 Å². The maximum Gasteiger partial charge on any atom is 0.0645 e. The molecule has 1 aromatic carbocycles. The van der Waals surface area contributed by atoms with Crippen LogP contribution in [0.5, 0.6) is 0 Å². The first-order valence-electron chi connectivity index (χ1n) is 6.16. The molecule has 0 spiro atoms. The summed E-state index contributed by atoms with van der Waals surface area (Å²) in [5.74, 6) is 2.76. The van der Waals surface area contributed by atoms with Gasteiger partial charge < -0.3 is 5.73 Å². The molecule has 0 bridgehead atoms. The number of hydrogen-bond donors (Lipinski definition) is 1. The van der Waals surface area contributed by atoms with Crippen molar-refractivity contribution in [2.75, 3.05) is 12.3 Å². The number of hydrogen-bond acceptors (Lipinski definition) is 3. The molecule has 0 radical (unpaired) electrons. The van der Waals surface area contributed by atoms with Gasteiger partial charge in [-0.3, -0.25) is 0 Å². The third kappa shape index (κ3) is 3.62. The van der Waals surface area contributed by atoms with Gasteiger partial charge in [-0.15, -0.1) is 0 Å². The van der Waals surface area contributed by atoms with Gasteiger partial charge in [-0.05, 0) is 42.0 Å². The lowest BCUT2D eigenvalue weighted by molar-refractivity contribution is 0.675. The molecule has 0 aliphatic carbocycles. The quantitative estimate of drug-likeness (QED) is 0.869. The maximum absolute atomic E-state index is 5.60. The molecule has 18 heavy (non-hydrogen) atoms. The van der Waals surface area contributed by atoms with E-state index < -0.39 is 0 Å². The number of benzene rings is 1. The van der Waals surface area contributed by atoms with E-state index in [0.717, 1.165) is 23.7 Å². The van der Waals surface area contributed by atoms with Crippen molar-refractivity contribution in [1.29, 1.82) is 0 Å². The van der Waals surface area contributed by atoms with E-state index in [1.807, 2.05) is 28.7 Å². The van der Waals surface area contributed by atoms with E-state index in [1.165, 1.54) is 5.56 Å². The third-order valence-electron chi connectivity index (χ3n) is 2.78. The fourth-order valence-electron chi connectivity index (χ4n) is 1.61. The van der Waals surface area contributed by atoms with Crippen LogP contribution >= 0.6 is 11.8 Å². The number of rotatable bonds is 6. The monoisotopic (exact) mass is 261 g/mol. The van der Waals surface area contributed by atoms with Crippen molar-refractivity contribution in [1.82, 2.24) is 9.78 Å². The number of nitrogens with two attached hydrogens (primary N) is 1. The van der Waals surface area contributed by atoms with Gasteiger partial charge in [0.15, 0.2) is 0 Å². The molecule has 1 aromatic heterocycles. The Balaban J connectivity index is 1.88. The van der Waals surface area contributed by atoms with Gasteiger partial charge in [0.1, 0.15) is 0 Å². The summed E-state index contributed by atoms with van der Waals surface area (Å²) in [7, 11) is 0. The third-order valence-corrected chi connectivity index (χ3v) is 4.12. The highest BCUT2D eigenvalue weighted by Gasteiger charge is 2.01. The maximum atomic E-state index is 5.60. The summed E-state index contributed by atoms with van der Waals surface area (Å²) in [6, 6.07) is 10.5. The highest BCUT2D eigenvalue weighted by Crippen LogP contribution is 2.16. The first-order chi connectivity index (χ1) is 8.79. The molecule has 0 amide bonds. The van der Waals surface area contributed by atoms with E-state index in [-0.39, 0.29) is 0 Å².